The highest BCUT2D eigenvalue weighted by atomic mass is 32.2. The lowest BCUT2D eigenvalue weighted by Crippen LogP contribution is -2.28. The minimum Gasteiger partial charge on any atom is -0.379 e. The summed E-state index contributed by atoms with van der Waals surface area (Å²) in [5.41, 5.74) is 8.59. The second kappa shape index (κ2) is 8.27. The molecular weight excluding hydrogens is 344 g/mol. The number of thioether (sulfide) groups is 1. The van der Waals surface area contributed by atoms with Gasteiger partial charge in [-0.2, -0.15) is 0 Å². The van der Waals surface area contributed by atoms with Crippen LogP contribution in [0.1, 0.15) is 48.1 Å². The third-order valence-electron chi connectivity index (χ3n) is 4.28. The molecule has 5 nitrogen and oxygen atoms in total. The topological polar surface area (TPSA) is 81.2 Å². The average Bonchev–Trinajstić information content (AvgIpc) is 2.62. The summed E-state index contributed by atoms with van der Waals surface area (Å²) in [7, 11) is 0. The number of nitrogens with two attached hydrogens (primary N) is 1. The molecule has 6 heteroatoms. The Morgan fingerprint density at radius 1 is 1.38 bits per heavy atom. The summed E-state index contributed by atoms with van der Waals surface area (Å²) >= 11 is 1.58. The summed E-state index contributed by atoms with van der Waals surface area (Å²) < 4.78 is 0. The zero-order valence-corrected chi connectivity index (χ0v) is 14.9. The molecule has 0 aliphatic carbocycles. The number of benzene rings is 1. The van der Waals surface area contributed by atoms with Crippen molar-refractivity contribution in [3.05, 3.63) is 65.8 Å². The van der Waals surface area contributed by atoms with Crippen LogP contribution in [0, 0.1) is 0 Å². The van der Waals surface area contributed by atoms with Crippen molar-refractivity contribution in [3.8, 4) is 0 Å². The molecule has 26 heavy (non-hydrogen) atoms. The van der Waals surface area contributed by atoms with E-state index >= 15 is 0 Å². The normalized spacial score (nSPS) is 19.2. The number of Topliss-reactive ketones (excluding diaryl/α,β-unsaturated/α-hetero) is 1. The van der Waals surface area contributed by atoms with Gasteiger partial charge in [0.1, 0.15) is 5.69 Å². The van der Waals surface area contributed by atoms with Crippen LogP contribution in [0.4, 0.5) is 0 Å². The summed E-state index contributed by atoms with van der Waals surface area (Å²) in [5, 5.41) is 0.618. The van der Waals surface area contributed by atoms with Gasteiger partial charge in [-0.25, -0.2) is 4.98 Å². The zero-order chi connectivity index (χ0) is 17.9. The minimum absolute atomic E-state index is 0. The molecule has 0 spiro atoms. The number of hydrogen-bond donors (Lipinski definition) is 1. The summed E-state index contributed by atoms with van der Waals surface area (Å²) in [6.45, 7) is 5.71. The molecule has 3 rings (SSSR count). The van der Waals surface area contributed by atoms with Gasteiger partial charge >= 0.3 is 0 Å². The van der Waals surface area contributed by atoms with Crippen LogP contribution in [0.15, 0.2) is 48.2 Å². The molecule has 0 saturated heterocycles. The van der Waals surface area contributed by atoms with Crippen molar-refractivity contribution in [1.82, 2.24) is 9.97 Å². The van der Waals surface area contributed by atoms with Crippen LogP contribution in [0.5, 0.6) is 0 Å². The molecule has 2 N–H and O–H groups in total. The third-order valence-corrected chi connectivity index (χ3v) is 5.07. The predicted octanol–water partition coefficient (Wildman–Crippen LogP) is 3.85. The first-order valence-electron chi connectivity index (χ1n) is 8.05. The van der Waals surface area contributed by atoms with Gasteiger partial charge < -0.3 is 5.73 Å². The molecule has 0 radical (unpaired) electrons. The fourth-order valence-electron chi connectivity index (χ4n) is 2.77. The molecular formula is C20H24N4OS. The van der Waals surface area contributed by atoms with Gasteiger partial charge in [-0.15, -0.1) is 0 Å². The van der Waals surface area contributed by atoms with Gasteiger partial charge in [0.15, 0.2) is 11.0 Å². The number of carbonyl (C=O) groups excluding carboxylic acids is 1. The molecule has 1 aromatic heterocycles. The van der Waals surface area contributed by atoms with E-state index in [9.17, 15) is 4.79 Å². The van der Waals surface area contributed by atoms with E-state index in [1.807, 2.05) is 24.3 Å². The lowest BCUT2D eigenvalue weighted by atomic mass is 9.88. The number of nitrogens with zero attached hydrogens (tertiary/aromatic N) is 3. The summed E-state index contributed by atoms with van der Waals surface area (Å²) in [5.74, 6) is 0.882. The number of amidine groups is 1. The zero-order valence-electron chi connectivity index (χ0n) is 14.1. The van der Waals surface area contributed by atoms with E-state index < -0.39 is 0 Å². The van der Waals surface area contributed by atoms with Crippen molar-refractivity contribution >= 4 is 28.8 Å². The van der Waals surface area contributed by atoms with Crippen molar-refractivity contribution in [3.63, 3.8) is 0 Å². The standard InChI is InChI=1S/C19H20N4OS.CH4/c1-3-15-11-22-16(12-21-15)17(24)10-13-5-4-6-14(9-13)19(2)7-8-25-18(20)23-19;/h3-6,9,11-12H,1,7-8,10H2,2H3,(H2,20,23);1H4/t19-;/m0./s1. The smallest absolute Gasteiger partial charge is 0.187 e. The maximum atomic E-state index is 12.5. The molecule has 0 amide bonds. The Balaban J connectivity index is 0.00000243. The number of carbonyl (C=O) groups is 1. The van der Waals surface area contributed by atoms with Crippen molar-refractivity contribution in [2.24, 2.45) is 10.7 Å². The van der Waals surface area contributed by atoms with Gasteiger partial charge in [-0.1, -0.05) is 50.0 Å². The molecule has 0 bridgehead atoms. The Morgan fingerprint density at radius 3 is 2.85 bits per heavy atom. The van der Waals surface area contributed by atoms with Crippen LogP contribution in [0.3, 0.4) is 0 Å². The van der Waals surface area contributed by atoms with E-state index in [-0.39, 0.29) is 25.2 Å². The lowest BCUT2D eigenvalue weighted by Gasteiger charge is -2.30. The van der Waals surface area contributed by atoms with Crippen LogP contribution in [0.2, 0.25) is 0 Å². The fraction of sp³-hybridized carbons (Fsp3) is 0.300. The molecule has 136 valence electrons. The Labute approximate surface area is 158 Å². The molecule has 1 aliphatic rings. The van der Waals surface area contributed by atoms with Crippen molar-refractivity contribution in [2.75, 3.05) is 5.75 Å². The van der Waals surface area contributed by atoms with Gasteiger partial charge in [0.2, 0.25) is 0 Å². The SMILES string of the molecule is C.C=Cc1cnc(C(=O)Cc2cccc([C@]3(C)CCSC(N)=N3)c2)cn1. The first-order valence-corrected chi connectivity index (χ1v) is 9.04. The molecule has 2 aromatic rings. The highest BCUT2D eigenvalue weighted by molar-refractivity contribution is 8.13. The largest absolute Gasteiger partial charge is 0.379 e. The maximum absolute atomic E-state index is 12.5. The van der Waals surface area contributed by atoms with Crippen LogP contribution in [0.25, 0.3) is 6.08 Å². The monoisotopic (exact) mass is 368 g/mol. The van der Waals surface area contributed by atoms with Crippen LogP contribution < -0.4 is 5.73 Å². The number of rotatable bonds is 5. The average molecular weight is 369 g/mol. The number of hydrogen-bond acceptors (Lipinski definition) is 6. The van der Waals surface area contributed by atoms with E-state index in [0.717, 1.165) is 23.3 Å². The van der Waals surface area contributed by atoms with E-state index in [2.05, 4.69) is 28.5 Å². The molecule has 2 heterocycles. The summed E-state index contributed by atoms with van der Waals surface area (Å²) in [6.07, 6.45) is 5.84. The highest BCUT2D eigenvalue weighted by Gasteiger charge is 2.29. The Bertz CT molecular complexity index is 832. The molecule has 0 fully saturated rings. The van der Waals surface area contributed by atoms with E-state index in [4.69, 9.17) is 5.73 Å². The second-order valence-corrected chi connectivity index (χ2v) is 7.27. The molecule has 0 unspecified atom stereocenters. The number of aromatic nitrogens is 2. The van der Waals surface area contributed by atoms with E-state index in [1.54, 1.807) is 24.0 Å². The quantitative estimate of drug-likeness (QED) is 0.811. The van der Waals surface area contributed by atoms with Crippen molar-refractivity contribution in [2.45, 2.75) is 32.7 Å². The van der Waals surface area contributed by atoms with Gasteiger partial charge in [0.05, 0.1) is 23.6 Å². The van der Waals surface area contributed by atoms with Crippen LogP contribution in [-0.4, -0.2) is 26.7 Å². The van der Waals surface area contributed by atoms with Gasteiger partial charge in [-0.3, -0.25) is 14.8 Å². The van der Waals surface area contributed by atoms with Gasteiger partial charge in [0, 0.05) is 12.2 Å². The van der Waals surface area contributed by atoms with Crippen molar-refractivity contribution in [1.29, 1.82) is 0 Å². The molecule has 0 saturated carbocycles. The summed E-state index contributed by atoms with van der Waals surface area (Å²) in [4.78, 5) is 25.4. The van der Waals surface area contributed by atoms with Crippen LogP contribution in [-0.2, 0) is 12.0 Å². The molecule has 1 atom stereocenters. The maximum Gasteiger partial charge on any atom is 0.187 e. The van der Waals surface area contributed by atoms with E-state index in [0.29, 0.717) is 16.6 Å². The fourth-order valence-corrected chi connectivity index (χ4v) is 3.75. The Kier molecular flexibility index (Phi) is 6.32. The number of ketones is 1. The van der Waals surface area contributed by atoms with Crippen LogP contribution >= 0.6 is 11.8 Å². The first-order chi connectivity index (χ1) is 12.0. The van der Waals surface area contributed by atoms with E-state index in [1.165, 1.54) is 6.20 Å². The Hall–Kier alpha value is -2.47. The lowest BCUT2D eigenvalue weighted by molar-refractivity contribution is 0.0988. The van der Waals surface area contributed by atoms with Gasteiger partial charge in [0.25, 0.3) is 0 Å². The second-order valence-electron chi connectivity index (χ2n) is 6.15. The number of aliphatic imine (C=N–C) groups is 1. The molecule has 1 aromatic carbocycles. The minimum atomic E-state index is -0.334. The highest BCUT2D eigenvalue weighted by Crippen LogP contribution is 2.35. The first kappa shape index (κ1) is 19.8. The molecule has 1 aliphatic heterocycles. The van der Waals surface area contributed by atoms with Gasteiger partial charge in [-0.05, 0) is 30.5 Å². The predicted molar refractivity (Wildman–Crippen MR) is 109 cm³/mol. The summed E-state index contributed by atoms with van der Waals surface area (Å²) in [6, 6.07) is 7.99. The third kappa shape index (κ3) is 4.38. The van der Waals surface area contributed by atoms with Crippen molar-refractivity contribution < 1.29 is 4.79 Å². The Morgan fingerprint density at radius 2 is 2.19 bits per heavy atom.